The number of esters is 2. The van der Waals surface area contributed by atoms with E-state index in [-0.39, 0.29) is 0 Å². The first-order valence-electron chi connectivity index (χ1n) is 7.39. The van der Waals surface area contributed by atoms with Gasteiger partial charge < -0.3 is 9.47 Å². The maximum absolute atomic E-state index is 12.6. The topological polar surface area (TPSA) is 52.6 Å². The van der Waals surface area contributed by atoms with Gasteiger partial charge in [0.15, 0.2) is 0 Å². The lowest BCUT2D eigenvalue weighted by atomic mass is 10.2. The van der Waals surface area contributed by atoms with Crippen molar-refractivity contribution in [1.82, 2.24) is 0 Å². The molecule has 0 saturated carbocycles. The first kappa shape index (κ1) is 30.8. The minimum Gasteiger partial charge on any atom is -0.439 e. The molecule has 0 saturated heterocycles. The molecular formula is C15H14F12O4. The Labute approximate surface area is 166 Å². The molecule has 0 aliphatic rings. The number of carbonyl (C=O) groups excluding carboxylic acids is 2. The Kier molecular flexibility index (Phi) is 10.7. The average Bonchev–Trinajstić information content (AvgIpc) is 2.48. The number of ether oxygens (including phenoxy) is 2. The van der Waals surface area contributed by atoms with Gasteiger partial charge in [0.05, 0.1) is 6.42 Å². The fraction of sp³-hybridized carbons (Fsp3) is 0.600. The van der Waals surface area contributed by atoms with Crippen molar-refractivity contribution >= 4 is 11.9 Å². The molecule has 0 rings (SSSR count). The highest BCUT2D eigenvalue weighted by atomic mass is 19.4. The van der Waals surface area contributed by atoms with Gasteiger partial charge in [-0.25, -0.2) is 14.0 Å². The molecule has 0 heterocycles. The molecule has 0 radical (unpaired) electrons. The van der Waals surface area contributed by atoms with Crippen LogP contribution in [0.15, 0.2) is 24.3 Å². The van der Waals surface area contributed by atoms with Crippen LogP contribution in [0, 0.1) is 0 Å². The zero-order valence-electron chi connectivity index (χ0n) is 15.4. The summed E-state index contributed by atoms with van der Waals surface area (Å²) in [6.45, 7) is 7.72. The van der Waals surface area contributed by atoms with Gasteiger partial charge in [-0.1, -0.05) is 13.2 Å². The molecule has 0 fully saturated rings. The zero-order valence-corrected chi connectivity index (χ0v) is 15.4. The molecule has 0 aromatic rings. The Morgan fingerprint density at radius 3 is 1.39 bits per heavy atom. The van der Waals surface area contributed by atoms with Crippen molar-refractivity contribution < 1.29 is 71.7 Å². The maximum atomic E-state index is 12.6. The van der Waals surface area contributed by atoms with Crippen LogP contribution in [0.2, 0.25) is 0 Å². The lowest BCUT2D eigenvalue weighted by molar-refractivity contribution is -0.312. The van der Waals surface area contributed by atoms with Crippen molar-refractivity contribution in [2.45, 2.75) is 57.2 Å². The number of carbonyl (C=O) groups is 2. The van der Waals surface area contributed by atoms with Crippen LogP contribution in [-0.2, 0) is 19.1 Å². The lowest BCUT2D eigenvalue weighted by Crippen LogP contribution is -2.45. The molecule has 0 aromatic carbocycles. The van der Waals surface area contributed by atoms with Gasteiger partial charge >= 0.3 is 36.6 Å². The molecule has 0 spiro atoms. The monoisotopic (exact) mass is 486 g/mol. The summed E-state index contributed by atoms with van der Waals surface area (Å²) >= 11 is 0. The van der Waals surface area contributed by atoms with Gasteiger partial charge in [-0.15, -0.1) is 0 Å². The highest BCUT2D eigenvalue weighted by Crippen LogP contribution is 2.36. The fourth-order valence-electron chi connectivity index (χ4n) is 1.12. The average molecular weight is 486 g/mol. The summed E-state index contributed by atoms with van der Waals surface area (Å²) < 4.78 is 150. The first-order valence-corrected chi connectivity index (χ1v) is 7.39. The summed E-state index contributed by atoms with van der Waals surface area (Å²) in [5, 5.41) is 0. The predicted octanol–water partition coefficient (Wildman–Crippen LogP) is 5.59. The SMILES string of the molecule is C=C(C)C(=O)OC(C(F)(F)F)C(F)(F)F.C=C(C)C(=O)OC(F)(F)C(F)CC(F)(F)F. The quantitative estimate of drug-likeness (QED) is 0.279. The largest absolute Gasteiger partial charge is 0.439 e. The Bertz CT molecular complexity index is 646. The summed E-state index contributed by atoms with van der Waals surface area (Å²) in [6, 6.07) is 0. The van der Waals surface area contributed by atoms with E-state index in [0.29, 0.717) is 0 Å². The molecule has 31 heavy (non-hydrogen) atoms. The number of rotatable bonds is 6. The van der Waals surface area contributed by atoms with Gasteiger partial charge in [-0.3, -0.25) is 0 Å². The molecule has 0 aromatic heterocycles. The van der Waals surface area contributed by atoms with E-state index < -0.39 is 66.4 Å². The zero-order chi connectivity index (χ0) is 25.6. The summed E-state index contributed by atoms with van der Waals surface area (Å²) in [4.78, 5) is 21.1. The highest BCUT2D eigenvalue weighted by Gasteiger charge is 2.59. The van der Waals surface area contributed by atoms with Gasteiger partial charge in [-0.2, -0.15) is 48.3 Å². The van der Waals surface area contributed by atoms with Crippen LogP contribution in [0.3, 0.4) is 0 Å². The van der Waals surface area contributed by atoms with Crippen LogP contribution in [0.25, 0.3) is 0 Å². The van der Waals surface area contributed by atoms with Crippen LogP contribution in [0.4, 0.5) is 52.7 Å². The second kappa shape index (κ2) is 10.7. The van der Waals surface area contributed by atoms with E-state index in [0.717, 1.165) is 13.8 Å². The Balaban J connectivity index is 0. The number of alkyl halides is 12. The van der Waals surface area contributed by atoms with Crippen LogP contribution in [-0.4, -0.2) is 48.9 Å². The molecular weight excluding hydrogens is 472 g/mol. The third-order valence-electron chi connectivity index (χ3n) is 2.52. The van der Waals surface area contributed by atoms with Gasteiger partial charge in [0.1, 0.15) is 0 Å². The van der Waals surface area contributed by atoms with Gasteiger partial charge in [-0.05, 0) is 13.8 Å². The van der Waals surface area contributed by atoms with E-state index in [4.69, 9.17) is 0 Å². The Morgan fingerprint density at radius 2 is 1.13 bits per heavy atom. The molecule has 4 nitrogen and oxygen atoms in total. The minimum atomic E-state index is -5.69. The second-order valence-electron chi connectivity index (χ2n) is 5.67. The summed E-state index contributed by atoms with van der Waals surface area (Å²) in [5.74, 6) is -3.40. The van der Waals surface area contributed by atoms with E-state index in [2.05, 4.69) is 22.6 Å². The number of halogens is 12. The van der Waals surface area contributed by atoms with Crippen molar-refractivity contribution in [3.8, 4) is 0 Å². The standard InChI is InChI=1S/C8H8F6O2.C7H6F6O2/c1-4(2)6(15)16-8(13,14)5(9)3-7(10,11)12;1-3(2)4(14)15-5(6(8,9)10)7(11,12)13/h5H,1,3H2,2H3;5H,1H2,2H3. The molecule has 0 N–H and O–H groups in total. The van der Waals surface area contributed by atoms with E-state index in [1.807, 2.05) is 0 Å². The van der Waals surface area contributed by atoms with Crippen molar-refractivity contribution in [2.24, 2.45) is 0 Å². The normalized spacial score (nSPS) is 13.6. The number of hydrogen-bond acceptors (Lipinski definition) is 4. The van der Waals surface area contributed by atoms with Crippen molar-refractivity contribution in [1.29, 1.82) is 0 Å². The smallest absolute Gasteiger partial charge is 0.434 e. The minimum absolute atomic E-state index is 0.473. The van der Waals surface area contributed by atoms with Crippen LogP contribution >= 0.6 is 0 Å². The molecule has 1 unspecified atom stereocenters. The van der Waals surface area contributed by atoms with E-state index in [1.54, 1.807) is 0 Å². The van der Waals surface area contributed by atoms with Crippen LogP contribution in [0.5, 0.6) is 0 Å². The van der Waals surface area contributed by atoms with E-state index >= 15 is 0 Å². The van der Waals surface area contributed by atoms with Crippen LogP contribution < -0.4 is 0 Å². The second-order valence-corrected chi connectivity index (χ2v) is 5.67. The van der Waals surface area contributed by atoms with Crippen LogP contribution in [0.1, 0.15) is 20.3 Å². The Hall–Kier alpha value is -2.42. The number of hydrogen-bond donors (Lipinski definition) is 0. The van der Waals surface area contributed by atoms with E-state index in [1.165, 1.54) is 0 Å². The lowest BCUT2D eigenvalue weighted by Gasteiger charge is -2.22. The third kappa shape index (κ3) is 12.8. The molecule has 0 aliphatic carbocycles. The van der Waals surface area contributed by atoms with Gasteiger partial charge in [0, 0.05) is 11.1 Å². The fourth-order valence-corrected chi connectivity index (χ4v) is 1.12. The molecule has 182 valence electrons. The van der Waals surface area contributed by atoms with Crippen molar-refractivity contribution in [3.05, 3.63) is 24.3 Å². The maximum Gasteiger partial charge on any atom is 0.434 e. The first-order chi connectivity index (χ1) is 13.4. The van der Waals surface area contributed by atoms with E-state index in [9.17, 15) is 62.3 Å². The van der Waals surface area contributed by atoms with Gasteiger partial charge in [0.25, 0.3) is 6.10 Å². The predicted molar refractivity (Wildman–Crippen MR) is 78.2 cm³/mol. The summed E-state index contributed by atoms with van der Waals surface area (Å²) in [7, 11) is 0. The molecule has 0 amide bonds. The third-order valence-corrected chi connectivity index (χ3v) is 2.52. The molecule has 0 bridgehead atoms. The van der Waals surface area contributed by atoms with Gasteiger partial charge in [0.2, 0.25) is 6.17 Å². The molecule has 0 aliphatic heterocycles. The molecule has 16 heteroatoms. The summed E-state index contributed by atoms with van der Waals surface area (Å²) in [5.41, 5.74) is -1.02. The highest BCUT2D eigenvalue weighted by molar-refractivity contribution is 5.87. The van der Waals surface area contributed by atoms with Crippen molar-refractivity contribution in [3.63, 3.8) is 0 Å². The van der Waals surface area contributed by atoms with Crippen molar-refractivity contribution in [2.75, 3.05) is 0 Å². The Morgan fingerprint density at radius 1 is 0.774 bits per heavy atom. The molecule has 1 atom stereocenters. The summed E-state index contributed by atoms with van der Waals surface area (Å²) in [6.07, 6.45) is -31.5.